The van der Waals surface area contributed by atoms with Crippen LogP contribution in [0.5, 0.6) is 0 Å². The maximum atomic E-state index is 10.7. The van der Waals surface area contributed by atoms with Crippen LogP contribution in [0.1, 0.15) is 52.4 Å². The molecule has 0 aliphatic heterocycles. The van der Waals surface area contributed by atoms with Gasteiger partial charge >= 0.3 is 5.97 Å². The highest BCUT2D eigenvalue weighted by molar-refractivity contribution is 7.80. The first-order valence-electron chi connectivity index (χ1n) is 6.39. The van der Waals surface area contributed by atoms with Crippen molar-refractivity contribution in [1.29, 1.82) is 0 Å². The average Bonchev–Trinajstić information content (AvgIpc) is 2.27. The maximum Gasteiger partial charge on any atom is 0.306 e. The van der Waals surface area contributed by atoms with Crippen molar-refractivity contribution >= 4 is 35.7 Å². The molecule has 17 heavy (non-hydrogen) atoms. The molecule has 2 nitrogen and oxygen atoms in total. The van der Waals surface area contributed by atoms with Crippen LogP contribution in [0.4, 0.5) is 0 Å². The van der Waals surface area contributed by atoms with E-state index in [1.807, 2.05) is 0 Å². The first-order valence-corrected chi connectivity index (χ1v) is 7.43. The van der Waals surface area contributed by atoms with Crippen LogP contribution in [0.3, 0.4) is 0 Å². The van der Waals surface area contributed by atoms with Crippen molar-refractivity contribution in [3.05, 3.63) is 0 Å². The second-order valence-electron chi connectivity index (χ2n) is 4.60. The van der Waals surface area contributed by atoms with Crippen molar-refractivity contribution < 1.29 is 9.90 Å². The van der Waals surface area contributed by atoms with Crippen molar-refractivity contribution in [3.8, 4) is 0 Å². The minimum Gasteiger partial charge on any atom is -0.481 e. The number of aliphatic carboxylic acids is 1. The summed E-state index contributed by atoms with van der Waals surface area (Å²) in [6.07, 6.45) is 5.80. The minimum atomic E-state index is -0.702. The fourth-order valence-corrected chi connectivity index (χ4v) is 2.62. The normalized spacial score (nSPS) is 14.3. The highest BCUT2D eigenvalue weighted by atomic mass is 32.1. The van der Waals surface area contributed by atoms with Gasteiger partial charge in [0.2, 0.25) is 0 Å². The molecule has 0 bridgehead atoms. The first-order chi connectivity index (χ1) is 8.02. The number of thiol groups is 1. The first kappa shape index (κ1) is 16.9. The lowest BCUT2D eigenvalue weighted by molar-refractivity contribution is -0.141. The minimum absolute atomic E-state index is 0.244. The molecule has 2 atom stereocenters. The van der Waals surface area contributed by atoms with Crippen LogP contribution < -0.4 is 0 Å². The van der Waals surface area contributed by atoms with Crippen molar-refractivity contribution in [1.82, 2.24) is 0 Å². The van der Waals surface area contributed by atoms with E-state index in [4.69, 9.17) is 17.3 Å². The van der Waals surface area contributed by atoms with E-state index in [-0.39, 0.29) is 5.92 Å². The Hall–Kier alpha value is -0.0900. The smallest absolute Gasteiger partial charge is 0.306 e. The topological polar surface area (TPSA) is 37.3 Å². The van der Waals surface area contributed by atoms with Crippen LogP contribution >= 0.6 is 24.8 Å². The molecule has 0 aromatic rings. The molecule has 0 aromatic heterocycles. The molecule has 0 heterocycles. The van der Waals surface area contributed by atoms with Gasteiger partial charge in [-0.2, -0.15) is 12.6 Å². The van der Waals surface area contributed by atoms with Gasteiger partial charge in [-0.15, -0.1) is 0 Å². The Balaban J connectivity index is 4.00. The largest absolute Gasteiger partial charge is 0.481 e. The van der Waals surface area contributed by atoms with Crippen molar-refractivity contribution in [2.24, 2.45) is 11.8 Å². The number of carboxylic acid groups (broad SMARTS) is 1. The molecule has 0 saturated carbocycles. The lowest BCUT2D eigenvalue weighted by atomic mass is 9.91. The summed E-state index contributed by atoms with van der Waals surface area (Å²) in [5.41, 5.74) is 0. The van der Waals surface area contributed by atoms with Gasteiger partial charge in [0.25, 0.3) is 0 Å². The van der Waals surface area contributed by atoms with E-state index in [9.17, 15) is 4.79 Å². The van der Waals surface area contributed by atoms with Gasteiger partial charge in [0.15, 0.2) is 0 Å². The van der Waals surface area contributed by atoms with E-state index < -0.39 is 5.97 Å². The Morgan fingerprint density at radius 2 is 2.00 bits per heavy atom. The molecule has 2 unspecified atom stereocenters. The summed E-state index contributed by atoms with van der Waals surface area (Å²) in [5.74, 6) is 0.352. The van der Waals surface area contributed by atoms with Crippen LogP contribution in [-0.4, -0.2) is 21.7 Å². The van der Waals surface area contributed by atoms with E-state index in [2.05, 4.69) is 19.6 Å². The lowest BCUT2D eigenvalue weighted by Gasteiger charge is -2.17. The molecule has 0 saturated heterocycles. The Bertz CT molecular complexity index is 242. The fraction of sp³-hybridized carbons (Fsp3) is 0.846. The molecule has 1 N–H and O–H groups in total. The number of thiocarbonyl (C=S) groups is 1. The maximum absolute atomic E-state index is 10.7. The molecule has 0 fully saturated rings. The predicted octanol–water partition coefficient (Wildman–Crippen LogP) is 3.98. The zero-order valence-electron chi connectivity index (χ0n) is 10.8. The molecule has 0 radical (unpaired) electrons. The summed E-state index contributed by atoms with van der Waals surface area (Å²) in [7, 11) is 0. The predicted molar refractivity (Wildman–Crippen MR) is 80.1 cm³/mol. The Kier molecular flexibility index (Phi) is 9.84. The Morgan fingerprint density at radius 1 is 1.35 bits per heavy atom. The van der Waals surface area contributed by atoms with E-state index in [0.717, 1.165) is 49.1 Å². The van der Waals surface area contributed by atoms with Crippen LogP contribution in [0.2, 0.25) is 0 Å². The van der Waals surface area contributed by atoms with Crippen LogP contribution in [0, 0.1) is 11.8 Å². The van der Waals surface area contributed by atoms with Gasteiger partial charge in [-0.3, -0.25) is 4.79 Å². The molecule has 0 amide bonds. The molecule has 4 heteroatoms. The van der Waals surface area contributed by atoms with Gasteiger partial charge < -0.3 is 5.11 Å². The number of carbonyl (C=O) groups is 1. The zero-order chi connectivity index (χ0) is 13.3. The van der Waals surface area contributed by atoms with Gasteiger partial charge in [-0.05, 0) is 42.2 Å². The van der Waals surface area contributed by atoms with E-state index in [1.165, 1.54) is 0 Å². The Morgan fingerprint density at radius 3 is 2.47 bits per heavy atom. The van der Waals surface area contributed by atoms with Gasteiger partial charge in [-0.25, -0.2) is 0 Å². The lowest BCUT2D eigenvalue weighted by Crippen LogP contribution is -2.15. The molecule has 0 spiro atoms. The van der Waals surface area contributed by atoms with Gasteiger partial charge in [-0.1, -0.05) is 38.9 Å². The molecular formula is C13H24O2S2. The van der Waals surface area contributed by atoms with E-state index in [1.54, 1.807) is 6.92 Å². The summed E-state index contributed by atoms with van der Waals surface area (Å²) in [6, 6.07) is 0. The molecule has 100 valence electrons. The third kappa shape index (κ3) is 7.77. The molecule has 0 aliphatic rings. The molecule has 0 aliphatic carbocycles. The number of rotatable bonds is 10. The molecular weight excluding hydrogens is 252 g/mol. The van der Waals surface area contributed by atoms with Crippen molar-refractivity contribution in [2.45, 2.75) is 52.4 Å². The second kappa shape index (κ2) is 9.89. The quantitative estimate of drug-likeness (QED) is 0.468. The third-order valence-electron chi connectivity index (χ3n) is 3.04. The summed E-state index contributed by atoms with van der Waals surface area (Å²) in [6.45, 7) is 3.90. The number of hydrogen-bond acceptors (Lipinski definition) is 3. The molecule has 0 aromatic carbocycles. The van der Waals surface area contributed by atoms with Crippen LogP contribution in [0.15, 0.2) is 0 Å². The SMILES string of the molecule is CCCC(=S)C(CCS)CCCC(C)C(=O)O. The number of hydrogen-bond donors (Lipinski definition) is 2. The summed E-state index contributed by atoms with van der Waals surface area (Å²) in [5, 5.41) is 8.81. The Labute approximate surface area is 116 Å². The average molecular weight is 276 g/mol. The summed E-state index contributed by atoms with van der Waals surface area (Å²) in [4.78, 5) is 11.8. The number of carboxylic acids is 1. The second-order valence-corrected chi connectivity index (χ2v) is 5.57. The van der Waals surface area contributed by atoms with Crippen LogP contribution in [-0.2, 0) is 4.79 Å². The van der Waals surface area contributed by atoms with Crippen molar-refractivity contribution in [2.75, 3.05) is 5.75 Å². The zero-order valence-corrected chi connectivity index (χ0v) is 12.5. The third-order valence-corrected chi connectivity index (χ3v) is 3.84. The van der Waals surface area contributed by atoms with Gasteiger partial charge in [0.05, 0.1) is 5.92 Å². The van der Waals surface area contributed by atoms with Crippen molar-refractivity contribution in [3.63, 3.8) is 0 Å². The van der Waals surface area contributed by atoms with E-state index >= 15 is 0 Å². The van der Waals surface area contributed by atoms with Gasteiger partial charge in [0.1, 0.15) is 0 Å². The van der Waals surface area contributed by atoms with Crippen LogP contribution in [0.25, 0.3) is 0 Å². The summed E-state index contributed by atoms with van der Waals surface area (Å²) >= 11 is 9.68. The highest BCUT2D eigenvalue weighted by Crippen LogP contribution is 2.20. The van der Waals surface area contributed by atoms with E-state index in [0.29, 0.717) is 5.92 Å². The highest BCUT2D eigenvalue weighted by Gasteiger charge is 2.15. The molecule has 0 rings (SSSR count). The van der Waals surface area contributed by atoms with Gasteiger partial charge in [0, 0.05) is 0 Å². The summed E-state index contributed by atoms with van der Waals surface area (Å²) < 4.78 is 0. The standard InChI is InChI=1S/C13H24O2S2/c1-3-5-12(17)11(8-9-16)7-4-6-10(2)13(14)15/h10-11,16H,3-9H2,1-2H3,(H,14,15). The fourth-order valence-electron chi connectivity index (χ4n) is 1.87. The monoisotopic (exact) mass is 276 g/mol.